The van der Waals surface area contributed by atoms with Crippen LogP contribution in [0.4, 0.5) is 17.6 Å². The van der Waals surface area contributed by atoms with Crippen molar-refractivity contribution in [1.29, 1.82) is 0 Å². The normalized spacial score (nSPS) is 19.6. The molecule has 0 unspecified atom stereocenters. The Kier molecular flexibility index (Phi) is 5.10. The van der Waals surface area contributed by atoms with Crippen LogP contribution in [0.2, 0.25) is 0 Å². The third-order valence-corrected chi connectivity index (χ3v) is 4.23. The van der Waals surface area contributed by atoms with Crippen LogP contribution in [0.5, 0.6) is 0 Å². The number of nitrogens with zero attached hydrogens (tertiary/aromatic N) is 3. The van der Waals surface area contributed by atoms with Crippen molar-refractivity contribution < 1.29 is 0 Å². The molecule has 0 saturated heterocycles. The van der Waals surface area contributed by atoms with Crippen molar-refractivity contribution in [2.75, 3.05) is 29.5 Å². The van der Waals surface area contributed by atoms with Gasteiger partial charge in [0.05, 0.1) is 5.69 Å². The van der Waals surface area contributed by atoms with Gasteiger partial charge in [-0.1, -0.05) is 6.07 Å². The molecule has 3 rings (SSSR count). The molecule has 2 heterocycles. The summed E-state index contributed by atoms with van der Waals surface area (Å²) in [5, 5.41) is 6.61. The lowest BCUT2D eigenvalue weighted by molar-refractivity contribution is 0.345. The standard InChI is InChI=1S/C17H25N7/c1-11-3-4-15(22-10-11)20-5-2-6-21-16-9-14(23-17(19)24-16)12-7-13(18)8-12/h3-4,9-10,12-13H,2,5-8,18H2,1H3,(H,20,22)(H3,19,21,23,24). The zero-order chi connectivity index (χ0) is 16.9. The highest BCUT2D eigenvalue weighted by atomic mass is 15.1. The molecule has 0 radical (unpaired) electrons. The van der Waals surface area contributed by atoms with Crippen LogP contribution >= 0.6 is 0 Å². The molecule has 1 saturated carbocycles. The third-order valence-electron chi connectivity index (χ3n) is 4.23. The molecule has 2 aromatic heterocycles. The molecule has 7 heteroatoms. The van der Waals surface area contributed by atoms with Crippen molar-refractivity contribution in [2.24, 2.45) is 5.73 Å². The van der Waals surface area contributed by atoms with Gasteiger partial charge in [0.25, 0.3) is 0 Å². The SMILES string of the molecule is Cc1ccc(NCCCNc2cc(C3CC(N)C3)nc(N)n2)nc1. The van der Waals surface area contributed by atoms with Crippen molar-refractivity contribution in [2.45, 2.75) is 38.1 Å². The van der Waals surface area contributed by atoms with Crippen molar-refractivity contribution in [3.05, 3.63) is 35.7 Å². The van der Waals surface area contributed by atoms with E-state index in [2.05, 4.69) is 25.6 Å². The van der Waals surface area contributed by atoms with Gasteiger partial charge in [0.2, 0.25) is 5.95 Å². The maximum Gasteiger partial charge on any atom is 0.222 e. The number of rotatable bonds is 7. The van der Waals surface area contributed by atoms with Gasteiger partial charge in [0.1, 0.15) is 11.6 Å². The fraction of sp³-hybridized carbons (Fsp3) is 0.471. The first-order valence-corrected chi connectivity index (χ1v) is 8.40. The average molecular weight is 327 g/mol. The van der Waals surface area contributed by atoms with Crippen molar-refractivity contribution in [1.82, 2.24) is 15.0 Å². The zero-order valence-corrected chi connectivity index (χ0v) is 14.0. The molecule has 0 atom stereocenters. The second-order valence-corrected chi connectivity index (χ2v) is 6.39. The Morgan fingerprint density at radius 1 is 1.12 bits per heavy atom. The summed E-state index contributed by atoms with van der Waals surface area (Å²) >= 11 is 0. The molecule has 7 nitrogen and oxygen atoms in total. The molecular weight excluding hydrogens is 302 g/mol. The monoisotopic (exact) mass is 327 g/mol. The quantitative estimate of drug-likeness (QED) is 0.574. The van der Waals surface area contributed by atoms with E-state index in [0.29, 0.717) is 17.9 Å². The average Bonchev–Trinajstić information content (AvgIpc) is 2.53. The van der Waals surface area contributed by atoms with E-state index in [9.17, 15) is 0 Å². The van der Waals surface area contributed by atoms with Gasteiger partial charge in [0, 0.05) is 37.3 Å². The van der Waals surface area contributed by atoms with Crippen molar-refractivity contribution in [3.8, 4) is 0 Å². The summed E-state index contributed by atoms with van der Waals surface area (Å²) in [6, 6.07) is 6.32. The molecular formula is C17H25N7. The predicted octanol–water partition coefficient (Wildman–Crippen LogP) is 1.88. The Labute approximate surface area is 142 Å². The lowest BCUT2D eigenvalue weighted by Crippen LogP contribution is -2.35. The number of nitrogen functional groups attached to an aromatic ring is 1. The van der Waals surface area contributed by atoms with Gasteiger partial charge < -0.3 is 22.1 Å². The highest BCUT2D eigenvalue weighted by Gasteiger charge is 2.29. The number of hydrogen-bond acceptors (Lipinski definition) is 7. The van der Waals surface area contributed by atoms with Crippen molar-refractivity contribution in [3.63, 3.8) is 0 Å². The zero-order valence-electron chi connectivity index (χ0n) is 14.0. The largest absolute Gasteiger partial charge is 0.370 e. The Morgan fingerprint density at radius 3 is 2.54 bits per heavy atom. The van der Waals surface area contributed by atoms with Crippen LogP contribution < -0.4 is 22.1 Å². The third kappa shape index (κ3) is 4.32. The topological polar surface area (TPSA) is 115 Å². The van der Waals surface area contributed by atoms with Gasteiger partial charge in [-0.2, -0.15) is 4.98 Å². The van der Waals surface area contributed by atoms with Gasteiger partial charge in [0.15, 0.2) is 0 Å². The Morgan fingerprint density at radius 2 is 1.88 bits per heavy atom. The molecule has 24 heavy (non-hydrogen) atoms. The maximum atomic E-state index is 5.85. The van der Waals surface area contributed by atoms with E-state index < -0.39 is 0 Å². The van der Waals surface area contributed by atoms with Crippen molar-refractivity contribution >= 4 is 17.6 Å². The van der Waals surface area contributed by atoms with E-state index in [-0.39, 0.29) is 0 Å². The molecule has 128 valence electrons. The van der Waals surface area contributed by atoms with Gasteiger partial charge in [-0.3, -0.25) is 0 Å². The molecule has 1 fully saturated rings. The number of anilines is 3. The molecule has 0 spiro atoms. The molecule has 0 aliphatic heterocycles. The number of aromatic nitrogens is 3. The summed E-state index contributed by atoms with van der Waals surface area (Å²) in [6.07, 6.45) is 4.76. The Balaban J connectivity index is 1.43. The number of nitrogens with two attached hydrogens (primary N) is 2. The van der Waals surface area contributed by atoms with Gasteiger partial charge in [-0.05, 0) is 37.8 Å². The smallest absolute Gasteiger partial charge is 0.222 e. The first-order valence-electron chi connectivity index (χ1n) is 8.40. The minimum Gasteiger partial charge on any atom is -0.370 e. The van der Waals surface area contributed by atoms with E-state index in [1.807, 2.05) is 31.3 Å². The molecule has 1 aliphatic carbocycles. The van der Waals surface area contributed by atoms with Gasteiger partial charge in [-0.25, -0.2) is 9.97 Å². The van der Waals surface area contributed by atoms with Crippen LogP contribution in [-0.4, -0.2) is 34.1 Å². The summed E-state index contributed by atoms with van der Waals surface area (Å²) in [5.41, 5.74) is 13.8. The second-order valence-electron chi connectivity index (χ2n) is 6.39. The molecule has 2 aromatic rings. The van der Waals surface area contributed by atoms with Crippen LogP contribution in [0.25, 0.3) is 0 Å². The molecule has 0 bridgehead atoms. The molecule has 1 aliphatic rings. The van der Waals surface area contributed by atoms with E-state index in [1.54, 1.807) is 0 Å². The van der Waals surface area contributed by atoms with Gasteiger partial charge >= 0.3 is 0 Å². The summed E-state index contributed by atoms with van der Waals surface area (Å²) in [7, 11) is 0. The number of aryl methyl sites for hydroxylation is 1. The minimum atomic E-state index is 0.295. The van der Waals surface area contributed by atoms with Crippen LogP contribution in [0.15, 0.2) is 24.4 Å². The highest BCUT2D eigenvalue weighted by molar-refractivity contribution is 5.42. The highest BCUT2D eigenvalue weighted by Crippen LogP contribution is 2.35. The summed E-state index contributed by atoms with van der Waals surface area (Å²) in [6.45, 7) is 3.67. The first-order chi connectivity index (χ1) is 11.6. The Bertz CT molecular complexity index is 665. The summed E-state index contributed by atoms with van der Waals surface area (Å²) in [5.74, 6) is 2.42. The number of nitrogens with one attached hydrogen (secondary N) is 2. The molecule has 0 amide bonds. The van der Waals surface area contributed by atoms with Crippen LogP contribution in [0, 0.1) is 6.92 Å². The van der Waals surface area contributed by atoms with Crippen LogP contribution in [0.3, 0.4) is 0 Å². The fourth-order valence-corrected chi connectivity index (χ4v) is 2.78. The maximum absolute atomic E-state index is 5.85. The Hall–Kier alpha value is -2.41. The minimum absolute atomic E-state index is 0.295. The van der Waals surface area contributed by atoms with Gasteiger partial charge in [-0.15, -0.1) is 0 Å². The van der Waals surface area contributed by atoms with E-state index in [1.165, 1.54) is 0 Å². The molecule has 0 aromatic carbocycles. The number of pyridine rings is 1. The lowest BCUT2D eigenvalue weighted by atomic mass is 9.78. The van der Waals surface area contributed by atoms with E-state index >= 15 is 0 Å². The summed E-state index contributed by atoms with van der Waals surface area (Å²) in [4.78, 5) is 12.9. The summed E-state index contributed by atoms with van der Waals surface area (Å²) < 4.78 is 0. The lowest BCUT2D eigenvalue weighted by Gasteiger charge is -2.32. The van der Waals surface area contributed by atoms with Crippen LogP contribution in [0.1, 0.15) is 36.4 Å². The fourth-order valence-electron chi connectivity index (χ4n) is 2.78. The van der Waals surface area contributed by atoms with Crippen LogP contribution in [-0.2, 0) is 0 Å². The second kappa shape index (κ2) is 7.44. The number of hydrogen-bond donors (Lipinski definition) is 4. The van der Waals surface area contributed by atoms with E-state index in [4.69, 9.17) is 11.5 Å². The van der Waals surface area contributed by atoms with E-state index in [0.717, 1.165) is 55.2 Å². The predicted molar refractivity (Wildman–Crippen MR) is 97.0 cm³/mol. The molecule has 6 N–H and O–H groups in total. The first kappa shape index (κ1) is 16.4.